The molecule has 21 heavy (non-hydrogen) atoms. The molecule has 0 spiro atoms. The zero-order chi connectivity index (χ0) is 14.7. The predicted molar refractivity (Wildman–Crippen MR) is 80.3 cm³/mol. The highest BCUT2D eigenvalue weighted by atomic mass is 32.2. The van der Waals surface area contributed by atoms with Gasteiger partial charge in [-0.05, 0) is 6.07 Å². The molecule has 0 aromatic carbocycles. The van der Waals surface area contributed by atoms with E-state index < -0.39 is 5.91 Å². The Morgan fingerprint density at radius 3 is 2.81 bits per heavy atom. The molecule has 0 atom stereocenters. The maximum Gasteiger partial charge on any atom is 0.285 e. The van der Waals surface area contributed by atoms with Crippen LogP contribution in [-0.4, -0.2) is 50.3 Å². The number of rotatable bonds is 3. The third-order valence-electron chi connectivity index (χ3n) is 3.16. The molecule has 1 aliphatic heterocycles. The van der Waals surface area contributed by atoms with Crippen LogP contribution in [0.4, 0.5) is 5.82 Å². The highest BCUT2D eigenvalue weighted by Crippen LogP contribution is 2.18. The van der Waals surface area contributed by atoms with E-state index in [0.717, 1.165) is 30.4 Å². The van der Waals surface area contributed by atoms with Crippen LogP contribution >= 0.6 is 11.8 Å². The van der Waals surface area contributed by atoms with Crippen molar-refractivity contribution in [2.75, 3.05) is 29.5 Å². The molecule has 2 aromatic heterocycles. The first kappa shape index (κ1) is 13.8. The predicted octanol–water partition coefficient (Wildman–Crippen LogP) is -0.181. The third-order valence-corrected chi connectivity index (χ3v) is 4.10. The lowest BCUT2D eigenvalue weighted by Gasteiger charge is -2.27. The molecular weight excluding hydrogens is 290 g/mol. The fourth-order valence-electron chi connectivity index (χ4n) is 2.07. The molecule has 1 fully saturated rings. The molecular formula is C12H15N7OS. The minimum atomic E-state index is -0.434. The minimum absolute atomic E-state index is 0.243. The van der Waals surface area contributed by atoms with Crippen molar-refractivity contribution in [2.24, 2.45) is 5.84 Å². The van der Waals surface area contributed by atoms with Crippen molar-refractivity contribution in [1.82, 2.24) is 25.2 Å². The van der Waals surface area contributed by atoms with Crippen LogP contribution in [0.25, 0.3) is 5.82 Å². The summed E-state index contributed by atoms with van der Waals surface area (Å²) in [4.78, 5) is 22.1. The topological polar surface area (TPSA) is 102 Å². The number of anilines is 1. The number of nitrogen functional groups attached to an aromatic ring is 1. The summed E-state index contributed by atoms with van der Waals surface area (Å²) in [5, 5.41) is 4.15. The van der Waals surface area contributed by atoms with Crippen molar-refractivity contribution in [2.45, 2.75) is 0 Å². The van der Waals surface area contributed by atoms with Crippen molar-refractivity contribution in [3.63, 3.8) is 0 Å². The van der Waals surface area contributed by atoms with Gasteiger partial charge in [-0.15, -0.1) is 0 Å². The number of thioether (sulfide) groups is 1. The summed E-state index contributed by atoms with van der Waals surface area (Å²) < 4.78 is 1.54. The fraction of sp³-hybridized carbons (Fsp3) is 0.333. The van der Waals surface area contributed by atoms with Crippen molar-refractivity contribution < 1.29 is 4.79 Å². The molecule has 110 valence electrons. The van der Waals surface area contributed by atoms with E-state index in [1.807, 2.05) is 17.8 Å². The largest absolute Gasteiger partial charge is 0.355 e. The van der Waals surface area contributed by atoms with Gasteiger partial charge in [0.1, 0.15) is 12.1 Å². The number of carbonyl (C=O) groups excluding carboxylic acids is 1. The molecule has 0 aliphatic carbocycles. The Morgan fingerprint density at radius 2 is 2.05 bits per heavy atom. The summed E-state index contributed by atoms with van der Waals surface area (Å²) in [5.41, 5.74) is 2.29. The molecule has 2 aromatic rings. The summed E-state index contributed by atoms with van der Waals surface area (Å²) in [6.07, 6.45) is 3.18. The second kappa shape index (κ2) is 6.10. The van der Waals surface area contributed by atoms with Gasteiger partial charge in [-0.3, -0.25) is 10.2 Å². The first-order valence-electron chi connectivity index (χ1n) is 6.49. The molecule has 1 aliphatic rings. The van der Waals surface area contributed by atoms with Gasteiger partial charge in [0.05, 0.1) is 0 Å². The summed E-state index contributed by atoms with van der Waals surface area (Å²) in [6.45, 7) is 1.95. The Hall–Kier alpha value is -2.13. The molecule has 0 unspecified atom stereocenters. The van der Waals surface area contributed by atoms with Gasteiger partial charge in [-0.25, -0.2) is 20.5 Å². The molecule has 1 amide bonds. The van der Waals surface area contributed by atoms with Crippen molar-refractivity contribution in [3.05, 3.63) is 30.4 Å². The van der Waals surface area contributed by atoms with Crippen LogP contribution < -0.4 is 16.2 Å². The average molecular weight is 305 g/mol. The Bertz CT molecular complexity index is 638. The lowest BCUT2D eigenvalue weighted by molar-refractivity contribution is 0.0948. The molecule has 8 nitrogen and oxygen atoms in total. The smallest absolute Gasteiger partial charge is 0.285 e. The zero-order valence-electron chi connectivity index (χ0n) is 11.3. The molecule has 3 N–H and O–H groups in total. The maximum atomic E-state index is 11.4. The van der Waals surface area contributed by atoms with Crippen LogP contribution in [0.2, 0.25) is 0 Å². The second-order valence-corrected chi connectivity index (χ2v) is 5.68. The Morgan fingerprint density at radius 1 is 1.29 bits per heavy atom. The van der Waals surface area contributed by atoms with E-state index in [-0.39, 0.29) is 5.69 Å². The van der Waals surface area contributed by atoms with Gasteiger partial charge in [-0.2, -0.15) is 16.9 Å². The van der Waals surface area contributed by atoms with Crippen LogP contribution in [0.1, 0.15) is 10.5 Å². The molecule has 0 radical (unpaired) electrons. The number of hydrogen-bond donors (Lipinski definition) is 2. The number of hydrazine groups is 1. The normalized spacial score (nSPS) is 15.0. The monoisotopic (exact) mass is 305 g/mol. The summed E-state index contributed by atoms with van der Waals surface area (Å²) in [5.74, 6) is 8.35. The van der Waals surface area contributed by atoms with Gasteiger partial charge in [0, 0.05) is 36.9 Å². The van der Waals surface area contributed by atoms with Gasteiger partial charge in [0.15, 0.2) is 11.5 Å². The highest BCUT2D eigenvalue weighted by Gasteiger charge is 2.14. The first-order valence-corrected chi connectivity index (χ1v) is 7.65. The lowest BCUT2D eigenvalue weighted by atomic mass is 10.4. The molecule has 3 heterocycles. The third kappa shape index (κ3) is 2.98. The van der Waals surface area contributed by atoms with E-state index in [2.05, 4.69) is 25.4 Å². The molecule has 9 heteroatoms. The van der Waals surface area contributed by atoms with Crippen molar-refractivity contribution >= 4 is 23.5 Å². The molecule has 3 rings (SSSR count). The fourth-order valence-corrected chi connectivity index (χ4v) is 2.98. The molecule has 1 saturated heterocycles. The van der Waals surface area contributed by atoms with Crippen molar-refractivity contribution in [3.8, 4) is 5.82 Å². The summed E-state index contributed by atoms with van der Waals surface area (Å²) >= 11 is 1.94. The highest BCUT2D eigenvalue weighted by molar-refractivity contribution is 7.99. The Kier molecular flexibility index (Phi) is 4.02. The van der Waals surface area contributed by atoms with E-state index in [1.165, 1.54) is 11.0 Å². The number of nitrogens with one attached hydrogen (secondary N) is 1. The Balaban J connectivity index is 1.85. The lowest BCUT2D eigenvalue weighted by Crippen LogP contribution is -2.33. The maximum absolute atomic E-state index is 11.4. The van der Waals surface area contributed by atoms with E-state index in [0.29, 0.717) is 5.82 Å². The number of hydrogen-bond acceptors (Lipinski definition) is 7. The quantitative estimate of drug-likeness (QED) is 0.460. The number of amides is 1. The van der Waals surface area contributed by atoms with E-state index >= 15 is 0 Å². The molecule has 0 saturated carbocycles. The van der Waals surface area contributed by atoms with Gasteiger partial charge in [0.2, 0.25) is 0 Å². The van der Waals surface area contributed by atoms with Gasteiger partial charge in [0.25, 0.3) is 5.91 Å². The van der Waals surface area contributed by atoms with Crippen LogP contribution in [0, 0.1) is 0 Å². The van der Waals surface area contributed by atoms with Crippen LogP contribution in [0.3, 0.4) is 0 Å². The first-order chi connectivity index (χ1) is 10.3. The van der Waals surface area contributed by atoms with E-state index in [4.69, 9.17) is 5.84 Å². The van der Waals surface area contributed by atoms with Crippen molar-refractivity contribution in [1.29, 1.82) is 0 Å². The average Bonchev–Trinajstić information content (AvgIpc) is 3.05. The van der Waals surface area contributed by atoms with E-state index in [9.17, 15) is 4.79 Å². The number of carbonyl (C=O) groups is 1. The number of aromatic nitrogens is 4. The summed E-state index contributed by atoms with van der Waals surface area (Å²) in [7, 11) is 0. The van der Waals surface area contributed by atoms with Crippen LogP contribution in [0.5, 0.6) is 0 Å². The van der Waals surface area contributed by atoms with Gasteiger partial charge >= 0.3 is 0 Å². The Labute approximate surface area is 125 Å². The molecule has 0 bridgehead atoms. The van der Waals surface area contributed by atoms with E-state index in [1.54, 1.807) is 12.3 Å². The summed E-state index contributed by atoms with van der Waals surface area (Å²) in [6, 6.07) is 3.45. The standard InChI is InChI=1S/C12H15N7OS/c13-16-12(20)9-1-2-19(17-9)11-7-10(14-8-15-11)18-3-5-21-6-4-18/h1-2,7-8H,3-6,13H2,(H,16,20). The number of nitrogens with zero attached hydrogens (tertiary/aromatic N) is 5. The minimum Gasteiger partial charge on any atom is -0.355 e. The second-order valence-electron chi connectivity index (χ2n) is 4.45. The van der Waals surface area contributed by atoms with Crippen LogP contribution in [0.15, 0.2) is 24.7 Å². The van der Waals surface area contributed by atoms with Gasteiger partial charge in [-0.1, -0.05) is 0 Å². The number of nitrogens with two attached hydrogens (primary N) is 1. The SMILES string of the molecule is NNC(=O)c1ccn(-c2cc(N3CCSCC3)ncn2)n1. The van der Waals surface area contributed by atoms with Gasteiger partial charge < -0.3 is 4.90 Å². The van der Waals surface area contributed by atoms with Crippen LogP contribution in [-0.2, 0) is 0 Å². The zero-order valence-corrected chi connectivity index (χ0v) is 12.1.